The van der Waals surface area contributed by atoms with Gasteiger partial charge in [0.05, 0.1) is 24.9 Å². The van der Waals surface area contributed by atoms with E-state index in [4.69, 9.17) is 26.5 Å². The Kier molecular flexibility index (Phi) is 7.77. The average Bonchev–Trinajstić information content (AvgIpc) is 2.65. The Labute approximate surface area is 167 Å². The lowest BCUT2D eigenvalue weighted by Crippen LogP contribution is -2.36. The normalized spacial score (nSPS) is 20.4. The molecule has 0 radical (unpaired) electrons. The fourth-order valence-corrected chi connectivity index (χ4v) is 2.97. The van der Waals surface area contributed by atoms with Crippen molar-refractivity contribution < 1.29 is 22.6 Å². The van der Waals surface area contributed by atoms with Gasteiger partial charge in [0.2, 0.25) is 0 Å². The van der Waals surface area contributed by atoms with E-state index in [1.165, 1.54) is 25.3 Å². The summed E-state index contributed by atoms with van der Waals surface area (Å²) in [5.74, 6) is 0.718. The molecular weight excluding hydrogens is 395 g/mol. The van der Waals surface area contributed by atoms with Gasteiger partial charge in [-0.1, -0.05) is 23.7 Å². The maximum atomic E-state index is 12.7. The molecule has 0 spiro atoms. The van der Waals surface area contributed by atoms with Crippen LogP contribution in [0.25, 0.3) is 0 Å². The van der Waals surface area contributed by atoms with E-state index in [2.05, 4.69) is 17.2 Å². The molecule has 9 heteroatoms. The van der Waals surface area contributed by atoms with E-state index in [0.29, 0.717) is 12.4 Å². The molecule has 1 aromatic rings. The highest BCUT2D eigenvalue weighted by Crippen LogP contribution is 2.34. The van der Waals surface area contributed by atoms with E-state index in [1.807, 2.05) is 0 Å². The summed E-state index contributed by atoms with van der Waals surface area (Å²) in [5.41, 5.74) is 0.0508. The van der Waals surface area contributed by atoms with Gasteiger partial charge in [-0.15, -0.1) is 0 Å². The minimum Gasteiger partial charge on any atom is -0.483 e. The van der Waals surface area contributed by atoms with Gasteiger partial charge in [0, 0.05) is 12.6 Å². The molecular formula is C19H23ClF3N3O2. The number of hydrogen-bond donors (Lipinski definition) is 3. The molecule has 0 aliphatic carbocycles. The highest BCUT2D eigenvalue weighted by molar-refractivity contribution is 6.67. The standard InChI is InChI=1S/C19H23ClF3N3O2/c1-12(27-2)26-18(10-17(20)24)25-11-15-4-3-5-16(28-15)13-6-8-14(9-7-13)19(21,22)23/h6-10,15-16,24-26H,1,3-5,11H2,2H3/t15-,16+/m1/s1. The molecule has 154 valence electrons. The molecule has 3 N–H and O–H groups in total. The molecule has 1 fully saturated rings. The molecule has 1 heterocycles. The van der Waals surface area contributed by atoms with Crippen LogP contribution in [0, 0.1) is 5.41 Å². The lowest BCUT2D eigenvalue weighted by molar-refractivity contribution is -0.137. The number of rotatable bonds is 8. The maximum absolute atomic E-state index is 12.7. The van der Waals surface area contributed by atoms with E-state index in [1.54, 1.807) is 0 Å². The van der Waals surface area contributed by atoms with Crippen molar-refractivity contribution in [3.05, 3.63) is 59.8 Å². The van der Waals surface area contributed by atoms with E-state index in [0.717, 1.165) is 37.0 Å². The van der Waals surface area contributed by atoms with Crippen LogP contribution in [0.2, 0.25) is 0 Å². The van der Waals surface area contributed by atoms with Crippen molar-refractivity contribution in [3.8, 4) is 0 Å². The second kappa shape index (κ2) is 9.84. The fraction of sp³-hybridized carbons (Fsp3) is 0.421. The van der Waals surface area contributed by atoms with Crippen molar-refractivity contribution in [1.82, 2.24) is 10.6 Å². The van der Waals surface area contributed by atoms with Gasteiger partial charge in [0.25, 0.3) is 0 Å². The molecule has 1 saturated heterocycles. The number of methoxy groups -OCH3 is 1. The summed E-state index contributed by atoms with van der Waals surface area (Å²) in [7, 11) is 1.46. The third kappa shape index (κ3) is 6.76. The van der Waals surface area contributed by atoms with Gasteiger partial charge in [-0.2, -0.15) is 13.2 Å². The number of hydrogen-bond acceptors (Lipinski definition) is 5. The number of allylic oxidation sites excluding steroid dienone is 1. The van der Waals surface area contributed by atoms with Crippen LogP contribution in [0.15, 0.2) is 48.6 Å². The highest BCUT2D eigenvalue weighted by atomic mass is 35.5. The monoisotopic (exact) mass is 417 g/mol. The summed E-state index contributed by atoms with van der Waals surface area (Å²) in [6.45, 7) is 4.08. The smallest absolute Gasteiger partial charge is 0.416 e. The van der Waals surface area contributed by atoms with Gasteiger partial charge < -0.3 is 20.1 Å². The molecule has 1 aliphatic rings. The quantitative estimate of drug-likeness (QED) is 0.425. The van der Waals surface area contributed by atoms with Crippen molar-refractivity contribution in [2.24, 2.45) is 0 Å². The number of benzene rings is 1. The zero-order valence-corrected chi connectivity index (χ0v) is 16.2. The number of nitrogens with one attached hydrogen (secondary N) is 3. The Balaban J connectivity index is 1.97. The molecule has 0 unspecified atom stereocenters. The molecule has 2 atom stereocenters. The second-order valence-electron chi connectivity index (χ2n) is 6.34. The molecule has 5 nitrogen and oxygen atoms in total. The van der Waals surface area contributed by atoms with Crippen molar-refractivity contribution >= 4 is 16.8 Å². The summed E-state index contributed by atoms with van der Waals surface area (Å²) < 4.78 is 49.1. The summed E-state index contributed by atoms with van der Waals surface area (Å²) in [4.78, 5) is 0. The first-order valence-corrected chi connectivity index (χ1v) is 9.09. The van der Waals surface area contributed by atoms with E-state index in [9.17, 15) is 13.2 Å². The van der Waals surface area contributed by atoms with Crippen LogP contribution < -0.4 is 10.6 Å². The molecule has 1 aromatic carbocycles. The lowest BCUT2D eigenvalue weighted by Gasteiger charge is -2.31. The summed E-state index contributed by atoms with van der Waals surface area (Å²) >= 11 is 5.61. The predicted octanol–water partition coefficient (Wildman–Crippen LogP) is 4.67. The largest absolute Gasteiger partial charge is 0.483 e. The molecule has 0 amide bonds. The van der Waals surface area contributed by atoms with Gasteiger partial charge in [0.15, 0.2) is 5.88 Å². The van der Waals surface area contributed by atoms with Gasteiger partial charge in [-0.05, 0) is 43.5 Å². The first-order valence-electron chi connectivity index (χ1n) is 8.71. The van der Waals surface area contributed by atoms with E-state index >= 15 is 0 Å². The Morgan fingerprint density at radius 1 is 1.36 bits per heavy atom. The minimum atomic E-state index is -4.35. The first-order chi connectivity index (χ1) is 13.2. The molecule has 0 aromatic heterocycles. The molecule has 28 heavy (non-hydrogen) atoms. The Hall–Kier alpha value is -2.19. The SMILES string of the molecule is C=C(NC(=CC(=N)Cl)NC[C@H]1CCC[C@@H](c2ccc(C(F)(F)F)cc2)O1)OC. The lowest BCUT2D eigenvalue weighted by atomic mass is 9.97. The number of halogens is 4. The van der Waals surface area contributed by atoms with Gasteiger partial charge in [-0.25, -0.2) is 0 Å². The Bertz CT molecular complexity index is 720. The predicted molar refractivity (Wildman–Crippen MR) is 102 cm³/mol. The zero-order chi connectivity index (χ0) is 20.7. The third-order valence-corrected chi connectivity index (χ3v) is 4.38. The van der Waals surface area contributed by atoms with Crippen molar-refractivity contribution in [1.29, 1.82) is 5.41 Å². The highest BCUT2D eigenvalue weighted by Gasteiger charge is 2.31. The maximum Gasteiger partial charge on any atom is 0.416 e. The molecule has 2 rings (SSSR count). The zero-order valence-electron chi connectivity index (χ0n) is 15.4. The fourth-order valence-electron chi connectivity index (χ4n) is 2.86. The number of ether oxygens (including phenoxy) is 2. The van der Waals surface area contributed by atoms with Gasteiger partial charge in [-0.3, -0.25) is 5.41 Å². The summed E-state index contributed by atoms with van der Waals surface area (Å²) in [6, 6.07) is 5.09. The van der Waals surface area contributed by atoms with Crippen molar-refractivity contribution in [3.63, 3.8) is 0 Å². The summed E-state index contributed by atoms with van der Waals surface area (Å²) in [5, 5.41) is 13.2. The van der Waals surface area contributed by atoms with Gasteiger partial charge in [0.1, 0.15) is 11.0 Å². The average molecular weight is 418 g/mol. The van der Waals surface area contributed by atoms with Crippen LogP contribution in [0.3, 0.4) is 0 Å². The van der Waals surface area contributed by atoms with Crippen molar-refractivity contribution in [2.75, 3.05) is 13.7 Å². The molecule has 0 saturated carbocycles. The van der Waals surface area contributed by atoms with Crippen LogP contribution >= 0.6 is 11.6 Å². The Morgan fingerprint density at radius 3 is 2.61 bits per heavy atom. The van der Waals surface area contributed by atoms with Crippen LogP contribution in [-0.2, 0) is 15.7 Å². The van der Waals surface area contributed by atoms with Crippen LogP contribution in [-0.4, -0.2) is 24.9 Å². The topological polar surface area (TPSA) is 66.4 Å². The van der Waals surface area contributed by atoms with E-state index < -0.39 is 11.7 Å². The first kappa shape index (κ1) is 22.1. The van der Waals surface area contributed by atoms with E-state index in [-0.39, 0.29) is 23.3 Å². The molecule has 0 bridgehead atoms. The van der Waals surface area contributed by atoms with Crippen molar-refractivity contribution in [2.45, 2.75) is 37.6 Å². The van der Waals surface area contributed by atoms with Gasteiger partial charge >= 0.3 is 6.18 Å². The molecule has 1 aliphatic heterocycles. The minimum absolute atomic E-state index is 0.147. The van der Waals surface area contributed by atoms with Crippen LogP contribution in [0.1, 0.15) is 36.5 Å². The van der Waals surface area contributed by atoms with Crippen LogP contribution in [0.5, 0.6) is 0 Å². The Morgan fingerprint density at radius 2 is 2.04 bits per heavy atom. The number of alkyl halides is 3. The van der Waals surface area contributed by atoms with Crippen LogP contribution in [0.4, 0.5) is 13.2 Å². The third-order valence-electron chi connectivity index (χ3n) is 4.27. The second-order valence-corrected chi connectivity index (χ2v) is 6.74. The summed E-state index contributed by atoms with van der Waals surface area (Å²) in [6.07, 6.45) is -0.939.